The molecule has 2 aliphatic rings. The SMILES string of the molecule is CC(C)(C)CC(=O)N1CCC([C@H]2C[C@@]2(N)CCOc2ccc(S(C)(=O)=O)c(F)c2)CC1. The second-order valence-corrected chi connectivity index (χ2v) is 12.4. The molecule has 1 aliphatic carbocycles. The quantitative estimate of drug-likeness (QED) is 0.682. The van der Waals surface area contributed by atoms with Crippen LogP contribution in [0.4, 0.5) is 4.39 Å². The molecule has 0 radical (unpaired) electrons. The van der Waals surface area contributed by atoms with Gasteiger partial charge in [-0.1, -0.05) is 20.8 Å². The Morgan fingerprint density at radius 2 is 1.94 bits per heavy atom. The van der Waals surface area contributed by atoms with Crippen molar-refractivity contribution in [1.82, 2.24) is 4.90 Å². The molecule has 31 heavy (non-hydrogen) atoms. The topological polar surface area (TPSA) is 89.7 Å². The summed E-state index contributed by atoms with van der Waals surface area (Å²) in [6.07, 6.45) is 5.12. The zero-order chi connectivity index (χ0) is 23.0. The van der Waals surface area contributed by atoms with Crippen LogP contribution in [0, 0.1) is 23.1 Å². The van der Waals surface area contributed by atoms with Gasteiger partial charge in [-0.25, -0.2) is 12.8 Å². The van der Waals surface area contributed by atoms with Crippen molar-refractivity contribution in [1.29, 1.82) is 0 Å². The molecule has 1 heterocycles. The van der Waals surface area contributed by atoms with Gasteiger partial charge in [0.25, 0.3) is 0 Å². The van der Waals surface area contributed by atoms with Crippen LogP contribution < -0.4 is 10.5 Å². The van der Waals surface area contributed by atoms with E-state index in [1.165, 1.54) is 12.1 Å². The monoisotopic (exact) mass is 454 g/mol. The van der Waals surface area contributed by atoms with Crippen LogP contribution in [-0.4, -0.2) is 50.7 Å². The third kappa shape index (κ3) is 6.19. The van der Waals surface area contributed by atoms with Crippen LogP contribution in [-0.2, 0) is 14.6 Å². The minimum absolute atomic E-state index is 0.00483. The maximum atomic E-state index is 14.0. The van der Waals surface area contributed by atoms with Gasteiger partial charge in [0.15, 0.2) is 9.84 Å². The Labute approximate surface area is 185 Å². The molecule has 2 N–H and O–H groups in total. The van der Waals surface area contributed by atoms with Crippen LogP contribution in [0.2, 0.25) is 0 Å². The van der Waals surface area contributed by atoms with E-state index in [2.05, 4.69) is 20.8 Å². The summed E-state index contributed by atoms with van der Waals surface area (Å²) in [5, 5.41) is 0. The molecule has 174 valence electrons. The lowest BCUT2D eigenvalue weighted by atomic mass is 9.87. The van der Waals surface area contributed by atoms with Gasteiger partial charge in [0.05, 0.1) is 6.61 Å². The molecule has 0 unspecified atom stereocenters. The fourth-order valence-corrected chi connectivity index (χ4v) is 5.35. The minimum Gasteiger partial charge on any atom is -0.493 e. The first-order valence-corrected chi connectivity index (χ1v) is 12.9. The first-order valence-electron chi connectivity index (χ1n) is 11.0. The molecule has 0 spiro atoms. The molecular weight excluding hydrogens is 419 g/mol. The number of sulfone groups is 1. The molecule has 1 aromatic carbocycles. The van der Waals surface area contributed by atoms with Crippen molar-refractivity contribution in [3.63, 3.8) is 0 Å². The molecule has 1 aliphatic heterocycles. The summed E-state index contributed by atoms with van der Waals surface area (Å²) < 4.78 is 42.6. The fraction of sp³-hybridized carbons (Fsp3) is 0.696. The molecular formula is C23H35FN2O4S. The summed E-state index contributed by atoms with van der Waals surface area (Å²) in [4.78, 5) is 14.1. The van der Waals surface area contributed by atoms with Crippen molar-refractivity contribution in [3.05, 3.63) is 24.0 Å². The number of hydrogen-bond acceptors (Lipinski definition) is 5. The first kappa shape index (κ1) is 24.0. The fourth-order valence-electron chi connectivity index (χ4n) is 4.62. The number of halogens is 1. The van der Waals surface area contributed by atoms with E-state index in [4.69, 9.17) is 10.5 Å². The molecule has 2 atom stereocenters. The normalized spacial score (nSPS) is 24.8. The highest BCUT2D eigenvalue weighted by atomic mass is 32.2. The lowest BCUT2D eigenvalue weighted by molar-refractivity contribution is -0.134. The highest BCUT2D eigenvalue weighted by Crippen LogP contribution is 2.51. The van der Waals surface area contributed by atoms with E-state index in [9.17, 15) is 17.6 Å². The van der Waals surface area contributed by atoms with Crippen LogP contribution in [0.15, 0.2) is 23.1 Å². The molecule has 0 aromatic heterocycles. The molecule has 3 rings (SSSR count). The summed E-state index contributed by atoms with van der Waals surface area (Å²) in [5.41, 5.74) is 6.30. The number of amides is 1. The van der Waals surface area contributed by atoms with Crippen molar-refractivity contribution < 1.29 is 22.3 Å². The summed E-state index contributed by atoms with van der Waals surface area (Å²) in [6.45, 7) is 8.21. The summed E-state index contributed by atoms with van der Waals surface area (Å²) >= 11 is 0. The van der Waals surface area contributed by atoms with Crippen LogP contribution in [0.5, 0.6) is 5.75 Å². The second kappa shape index (κ2) is 8.70. The number of ether oxygens (including phenoxy) is 1. The Morgan fingerprint density at radius 1 is 1.29 bits per heavy atom. The Bertz CT molecular complexity index is 920. The zero-order valence-electron chi connectivity index (χ0n) is 19.0. The van der Waals surface area contributed by atoms with Crippen LogP contribution in [0.1, 0.15) is 52.9 Å². The van der Waals surface area contributed by atoms with Gasteiger partial charge < -0.3 is 15.4 Å². The van der Waals surface area contributed by atoms with Gasteiger partial charge in [0, 0.05) is 37.4 Å². The number of benzene rings is 1. The Hall–Kier alpha value is -1.67. The maximum absolute atomic E-state index is 14.0. The smallest absolute Gasteiger partial charge is 0.223 e. The number of carbonyl (C=O) groups excluding carboxylic acids is 1. The second-order valence-electron chi connectivity index (χ2n) is 10.5. The van der Waals surface area contributed by atoms with Crippen molar-refractivity contribution in [2.24, 2.45) is 23.0 Å². The predicted molar refractivity (Wildman–Crippen MR) is 118 cm³/mol. The van der Waals surface area contributed by atoms with E-state index in [1.807, 2.05) is 4.90 Å². The number of hydrogen-bond donors (Lipinski definition) is 1. The average Bonchev–Trinajstić information content (AvgIpc) is 3.31. The number of nitrogens with zero attached hydrogens (tertiary/aromatic N) is 1. The predicted octanol–water partition coefficient (Wildman–Crippen LogP) is 3.39. The Morgan fingerprint density at radius 3 is 2.48 bits per heavy atom. The number of likely N-dealkylation sites (tertiary alicyclic amines) is 1. The van der Waals surface area contributed by atoms with E-state index in [0.29, 0.717) is 37.0 Å². The Balaban J connectivity index is 1.44. The van der Waals surface area contributed by atoms with Crippen LogP contribution >= 0.6 is 0 Å². The molecule has 1 aromatic rings. The number of nitrogens with two attached hydrogens (primary N) is 1. The van der Waals surface area contributed by atoms with Gasteiger partial charge in [-0.2, -0.15) is 0 Å². The van der Waals surface area contributed by atoms with E-state index < -0.39 is 15.7 Å². The molecule has 1 saturated carbocycles. The van der Waals surface area contributed by atoms with Gasteiger partial charge in [-0.05, 0) is 55.1 Å². The third-order valence-electron chi connectivity index (χ3n) is 6.46. The summed E-state index contributed by atoms with van der Waals surface area (Å²) in [5.74, 6) is 0.690. The largest absolute Gasteiger partial charge is 0.493 e. The van der Waals surface area contributed by atoms with E-state index >= 15 is 0 Å². The average molecular weight is 455 g/mol. The molecule has 0 bridgehead atoms. The summed E-state index contributed by atoms with van der Waals surface area (Å²) in [6, 6.07) is 3.80. The highest BCUT2D eigenvalue weighted by Gasteiger charge is 2.54. The molecule has 6 nitrogen and oxygen atoms in total. The van der Waals surface area contributed by atoms with Gasteiger partial charge in [0.1, 0.15) is 16.5 Å². The van der Waals surface area contributed by atoms with Gasteiger partial charge in [-0.15, -0.1) is 0 Å². The minimum atomic E-state index is -3.60. The Kier molecular flexibility index (Phi) is 6.73. The van der Waals surface area contributed by atoms with E-state index in [0.717, 1.165) is 44.7 Å². The number of piperidine rings is 1. The third-order valence-corrected chi connectivity index (χ3v) is 7.59. The number of rotatable bonds is 7. The van der Waals surface area contributed by atoms with Crippen LogP contribution in [0.25, 0.3) is 0 Å². The molecule has 1 saturated heterocycles. The van der Waals surface area contributed by atoms with Crippen molar-refractivity contribution in [2.75, 3.05) is 26.0 Å². The van der Waals surface area contributed by atoms with Gasteiger partial charge >= 0.3 is 0 Å². The molecule has 1 amide bonds. The van der Waals surface area contributed by atoms with E-state index in [-0.39, 0.29) is 21.8 Å². The lowest BCUT2D eigenvalue weighted by Crippen LogP contribution is -2.41. The van der Waals surface area contributed by atoms with Gasteiger partial charge in [0.2, 0.25) is 5.91 Å². The van der Waals surface area contributed by atoms with Crippen molar-refractivity contribution >= 4 is 15.7 Å². The maximum Gasteiger partial charge on any atom is 0.223 e. The molecule has 2 fully saturated rings. The number of carbonyl (C=O) groups is 1. The van der Waals surface area contributed by atoms with Crippen LogP contribution in [0.3, 0.4) is 0 Å². The first-order chi connectivity index (χ1) is 14.3. The lowest BCUT2D eigenvalue weighted by Gasteiger charge is -2.34. The summed E-state index contributed by atoms with van der Waals surface area (Å²) in [7, 11) is -3.60. The highest BCUT2D eigenvalue weighted by molar-refractivity contribution is 7.90. The van der Waals surface area contributed by atoms with Gasteiger partial charge in [-0.3, -0.25) is 4.79 Å². The van der Waals surface area contributed by atoms with Crippen molar-refractivity contribution in [3.8, 4) is 5.75 Å². The van der Waals surface area contributed by atoms with Crippen molar-refractivity contribution in [2.45, 2.75) is 63.3 Å². The zero-order valence-corrected chi connectivity index (χ0v) is 19.8. The van der Waals surface area contributed by atoms with E-state index in [1.54, 1.807) is 0 Å². The molecule has 8 heteroatoms. The standard InChI is InChI=1S/C23H35FN2O4S/c1-22(2,3)15-21(27)26-10-7-16(8-11-26)18-14-23(18,25)9-12-30-17-5-6-20(19(24)13-17)31(4,28)29/h5-6,13,16,18H,7-12,14-15,25H2,1-4H3/t18-,23+/m1/s1.